The monoisotopic (exact) mass is 514 g/mol. The van der Waals surface area contributed by atoms with E-state index < -0.39 is 31.2 Å². The molecule has 0 aliphatic heterocycles. The molecule has 0 aromatic heterocycles. The second-order valence-electron chi connectivity index (χ2n) is 2.44. The van der Waals surface area contributed by atoms with Crippen molar-refractivity contribution in [2.24, 2.45) is 0 Å². The van der Waals surface area contributed by atoms with Crippen LogP contribution in [0.25, 0.3) is 0 Å². The van der Waals surface area contributed by atoms with E-state index in [2.05, 4.69) is 12.5 Å². The van der Waals surface area contributed by atoms with Crippen molar-refractivity contribution in [1.82, 2.24) is 0 Å². The average molecular weight is 514 g/mol. The van der Waals surface area contributed by atoms with Crippen LogP contribution in [-0.2, 0) is 43.7 Å². The van der Waals surface area contributed by atoms with Gasteiger partial charge in [0.1, 0.15) is 0 Å². The summed E-state index contributed by atoms with van der Waals surface area (Å²) < 4.78 is 96.0. The largest absolute Gasteiger partial charge is 3.00 e. The number of hydrogen-bond donors (Lipinski definition) is 0. The van der Waals surface area contributed by atoms with Crippen LogP contribution in [0.4, 0.5) is 0 Å². The van der Waals surface area contributed by atoms with Crippen molar-refractivity contribution in [2.75, 3.05) is 19.8 Å². The van der Waals surface area contributed by atoms with E-state index in [-0.39, 0.29) is 55.4 Å². The molecule has 0 aromatic carbocycles. The summed E-state index contributed by atoms with van der Waals surface area (Å²) in [5.41, 5.74) is 0. The van der Waals surface area contributed by atoms with E-state index in [9.17, 15) is 38.9 Å². The van der Waals surface area contributed by atoms with Crippen molar-refractivity contribution in [3.05, 3.63) is 0 Å². The molecule has 0 unspecified atom stereocenters. The fraction of sp³-hybridized carbons (Fsp3) is 1.00. The zero-order chi connectivity index (χ0) is 17.7. The normalized spacial score (nSPS) is 11.2. The van der Waals surface area contributed by atoms with Crippen LogP contribution < -0.4 is 0 Å². The Hall–Kier alpha value is 0.805. The average Bonchev–Trinajstić information content (AvgIpc) is 2.12. The predicted octanol–water partition coefficient (Wildman–Crippen LogP) is -1.55. The van der Waals surface area contributed by atoms with E-state index in [1.807, 2.05) is 0 Å². The van der Waals surface area contributed by atoms with E-state index in [1.165, 1.54) is 20.8 Å². The van der Waals surface area contributed by atoms with Gasteiger partial charge < -0.3 is 13.7 Å². The molecular formula is C6H15LaO12S3. The first-order chi connectivity index (χ1) is 9.18. The van der Waals surface area contributed by atoms with E-state index in [4.69, 9.17) is 0 Å². The van der Waals surface area contributed by atoms with Gasteiger partial charge in [0.25, 0.3) is 0 Å². The van der Waals surface area contributed by atoms with Gasteiger partial charge in [-0.2, -0.15) is 0 Å². The standard InChI is InChI=1S/3C2H6O4S.La/c3*1-2-6-7(3,4)5;/h3*2H2,1H3,(H,3,4,5);/q;;;+3/p-3. The Bertz CT molecular complexity index is 455. The summed E-state index contributed by atoms with van der Waals surface area (Å²) in [5.74, 6) is 0. The van der Waals surface area contributed by atoms with Crippen molar-refractivity contribution < 1.29 is 87.1 Å². The van der Waals surface area contributed by atoms with Crippen molar-refractivity contribution in [2.45, 2.75) is 20.8 Å². The van der Waals surface area contributed by atoms with Crippen LogP contribution >= 0.6 is 0 Å². The zero-order valence-corrected chi connectivity index (χ0v) is 17.9. The van der Waals surface area contributed by atoms with Gasteiger partial charge in [0.2, 0.25) is 31.2 Å². The number of rotatable bonds is 6. The van der Waals surface area contributed by atoms with E-state index in [0.717, 1.165) is 0 Å². The molecule has 0 saturated heterocycles. The molecule has 12 nitrogen and oxygen atoms in total. The summed E-state index contributed by atoms with van der Waals surface area (Å²) in [6, 6.07) is 0. The molecule has 0 amide bonds. The van der Waals surface area contributed by atoms with Gasteiger partial charge in [-0.3, -0.25) is 12.5 Å². The van der Waals surface area contributed by atoms with E-state index in [1.54, 1.807) is 0 Å². The summed E-state index contributed by atoms with van der Waals surface area (Å²) in [6.45, 7) is 4.00. The van der Waals surface area contributed by atoms with Crippen LogP contribution in [0.15, 0.2) is 0 Å². The maximum Gasteiger partial charge on any atom is 3.00 e. The first kappa shape index (κ1) is 30.7. The van der Waals surface area contributed by atoms with Gasteiger partial charge in [-0.1, -0.05) is 0 Å². The third-order valence-electron chi connectivity index (χ3n) is 0.787. The summed E-state index contributed by atoms with van der Waals surface area (Å²) in [4.78, 5) is 0. The maximum atomic E-state index is 9.45. The Balaban J connectivity index is -0.000000108. The summed E-state index contributed by atoms with van der Waals surface area (Å²) in [7, 11) is -13.3. The SMILES string of the molecule is CCOS(=O)(=O)[O-].CCOS(=O)(=O)[O-].CCOS(=O)(=O)[O-].[La+3]. The molecule has 22 heavy (non-hydrogen) atoms. The molecule has 0 radical (unpaired) electrons. The molecule has 0 aliphatic carbocycles. The Morgan fingerprint density at radius 1 is 0.591 bits per heavy atom. The molecule has 0 fully saturated rings. The smallest absolute Gasteiger partial charge is 0.726 e. The Morgan fingerprint density at radius 3 is 0.727 bits per heavy atom. The minimum absolute atomic E-state index is 0. The molecule has 0 aromatic rings. The molecule has 0 N–H and O–H groups in total. The molecule has 132 valence electrons. The molecule has 0 saturated carbocycles. The van der Waals surface area contributed by atoms with Gasteiger partial charge in [-0.25, -0.2) is 25.3 Å². The summed E-state index contributed by atoms with van der Waals surface area (Å²) in [5, 5.41) is 0. The van der Waals surface area contributed by atoms with Gasteiger partial charge >= 0.3 is 35.6 Å². The molecule has 0 rings (SSSR count). The molecule has 0 aliphatic rings. The van der Waals surface area contributed by atoms with Gasteiger partial charge in [0.15, 0.2) is 0 Å². The van der Waals surface area contributed by atoms with Gasteiger partial charge in [0.05, 0.1) is 19.8 Å². The molecule has 0 spiro atoms. The van der Waals surface area contributed by atoms with Crippen LogP contribution in [0, 0.1) is 35.6 Å². The van der Waals surface area contributed by atoms with Crippen molar-refractivity contribution >= 4 is 31.2 Å². The second kappa shape index (κ2) is 15.3. The first-order valence-corrected chi connectivity index (χ1v) is 8.99. The quantitative estimate of drug-likeness (QED) is 0.292. The third-order valence-corrected chi connectivity index (χ3v) is 2.36. The summed E-state index contributed by atoms with van der Waals surface area (Å²) >= 11 is 0. The van der Waals surface area contributed by atoms with Gasteiger partial charge in [-0.15, -0.1) is 0 Å². The minimum Gasteiger partial charge on any atom is -0.726 e. The van der Waals surface area contributed by atoms with Crippen molar-refractivity contribution in [3.8, 4) is 0 Å². The van der Waals surface area contributed by atoms with Crippen LogP contribution in [0.1, 0.15) is 20.8 Å². The van der Waals surface area contributed by atoms with Gasteiger partial charge in [-0.05, 0) is 20.8 Å². The van der Waals surface area contributed by atoms with Crippen molar-refractivity contribution in [3.63, 3.8) is 0 Å². The Kier molecular flexibility index (Phi) is 21.4. The summed E-state index contributed by atoms with van der Waals surface area (Å²) in [6.07, 6.45) is 0. The zero-order valence-electron chi connectivity index (χ0n) is 11.8. The maximum absolute atomic E-state index is 9.45. The molecule has 0 bridgehead atoms. The first-order valence-electron chi connectivity index (χ1n) is 4.99. The molecule has 16 heteroatoms. The van der Waals surface area contributed by atoms with E-state index in [0.29, 0.717) is 0 Å². The fourth-order valence-corrected chi connectivity index (χ4v) is 1.30. The second-order valence-corrected chi connectivity index (χ2v) is 5.60. The fourth-order valence-electron chi connectivity index (χ4n) is 0.433. The van der Waals surface area contributed by atoms with E-state index >= 15 is 0 Å². The van der Waals surface area contributed by atoms with Crippen LogP contribution in [0.5, 0.6) is 0 Å². The molecular weight excluding hydrogens is 499 g/mol. The Labute approximate surface area is 158 Å². The van der Waals surface area contributed by atoms with Gasteiger partial charge in [0, 0.05) is 0 Å². The number of hydrogen-bond acceptors (Lipinski definition) is 12. The molecule has 0 atom stereocenters. The Morgan fingerprint density at radius 2 is 0.727 bits per heavy atom. The van der Waals surface area contributed by atoms with Crippen LogP contribution in [-0.4, -0.2) is 58.7 Å². The van der Waals surface area contributed by atoms with Crippen molar-refractivity contribution in [1.29, 1.82) is 0 Å². The molecule has 0 heterocycles. The van der Waals surface area contributed by atoms with Crippen LogP contribution in [0.3, 0.4) is 0 Å². The minimum atomic E-state index is -4.42. The van der Waals surface area contributed by atoms with Crippen LogP contribution in [0.2, 0.25) is 0 Å². The topological polar surface area (TPSA) is 199 Å². The predicted molar refractivity (Wildman–Crippen MR) is 64.0 cm³/mol. The third kappa shape index (κ3) is 49.8.